The molecule has 3 nitrogen and oxygen atoms in total. The molecule has 0 saturated carbocycles. The molecule has 0 heterocycles. The number of nitrogens with one attached hydrogen (secondary N) is 1. The van der Waals surface area contributed by atoms with E-state index in [1.54, 1.807) is 0 Å². The van der Waals surface area contributed by atoms with Crippen LogP contribution in [0, 0.1) is 0 Å². The molecule has 1 aromatic rings. The van der Waals surface area contributed by atoms with E-state index in [9.17, 15) is 5.11 Å². The molecule has 0 radical (unpaired) electrons. The van der Waals surface area contributed by atoms with E-state index in [0.29, 0.717) is 19.2 Å². The van der Waals surface area contributed by atoms with Crippen molar-refractivity contribution in [2.45, 2.75) is 26.0 Å². The molecule has 0 amide bonds. The van der Waals surface area contributed by atoms with Gasteiger partial charge in [0.1, 0.15) is 18.5 Å². The van der Waals surface area contributed by atoms with Gasteiger partial charge in [-0.1, -0.05) is 29.8 Å². The SMILES string of the molecule is CC(C)NCC(O)COc1ccc(Br)cc1.[Cl-]. The Morgan fingerprint density at radius 2 is 1.88 bits per heavy atom. The summed E-state index contributed by atoms with van der Waals surface area (Å²) in [5.41, 5.74) is 0. The average molecular weight is 324 g/mol. The van der Waals surface area contributed by atoms with Crippen LogP contribution in [0.25, 0.3) is 0 Å². The van der Waals surface area contributed by atoms with Crippen LogP contribution in [-0.4, -0.2) is 30.4 Å². The number of halogens is 2. The summed E-state index contributed by atoms with van der Waals surface area (Å²) in [6.45, 7) is 4.94. The zero-order valence-corrected chi connectivity index (χ0v) is 12.3. The van der Waals surface area contributed by atoms with Gasteiger partial charge < -0.3 is 27.6 Å². The lowest BCUT2D eigenvalue weighted by Crippen LogP contribution is -3.00. The molecule has 1 unspecified atom stereocenters. The van der Waals surface area contributed by atoms with Gasteiger partial charge in [0.2, 0.25) is 0 Å². The van der Waals surface area contributed by atoms with Gasteiger partial charge in [-0.05, 0) is 24.3 Å². The van der Waals surface area contributed by atoms with E-state index in [2.05, 4.69) is 21.2 Å². The van der Waals surface area contributed by atoms with Gasteiger partial charge in [-0.3, -0.25) is 0 Å². The number of hydrogen-bond acceptors (Lipinski definition) is 3. The maximum atomic E-state index is 9.62. The maximum Gasteiger partial charge on any atom is 0.119 e. The molecule has 0 spiro atoms. The Morgan fingerprint density at radius 3 is 2.41 bits per heavy atom. The topological polar surface area (TPSA) is 41.5 Å². The van der Waals surface area contributed by atoms with Gasteiger partial charge in [0.05, 0.1) is 0 Å². The fourth-order valence-corrected chi connectivity index (χ4v) is 1.42. The molecule has 0 saturated heterocycles. The van der Waals surface area contributed by atoms with Gasteiger partial charge in [0.15, 0.2) is 0 Å². The van der Waals surface area contributed by atoms with Crippen molar-refractivity contribution in [3.63, 3.8) is 0 Å². The maximum absolute atomic E-state index is 9.62. The van der Waals surface area contributed by atoms with Crippen LogP contribution in [0.4, 0.5) is 0 Å². The summed E-state index contributed by atoms with van der Waals surface area (Å²) in [7, 11) is 0. The Morgan fingerprint density at radius 1 is 1.29 bits per heavy atom. The van der Waals surface area contributed by atoms with E-state index < -0.39 is 6.10 Å². The van der Waals surface area contributed by atoms with Crippen LogP contribution in [-0.2, 0) is 0 Å². The molecule has 1 aromatic carbocycles. The number of aliphatic hydroxyl groups is 1. The standard InChI is InChI=1S/C12H18BrNO2.ClH/c1-9(2)14-7-11(15)8-16-12-5-3-10(13)4-6-12;/h3-6,9,11,14-15H,7-8H2,1-2H3;1H/p-1. The fraction of sp³-hybridized carbons (Fsp3) is 0.500. The summed E-state index contributed by atoms with van der Waals surface area (Å²) in [4.78, 5) is 0. The molecule has 5 heteroatoms. The van der Waals surface area contributed by atoms with Crippen LogP contribution in [0.1, 0.15) is 13.8 Å². The predicted octanol–water partition coefficient (Wildman–Crippen LogP) is -0.809. The largest absolute Gasteiger partial charge is 1.00 e. The van der Waals surface area contributed by atoms with Crippen LogP contribution in [0.15, 0.2) is 28.7 Å². The lowest BCUT2D eigenvalue weighted by molar-refractivity contribution is -0.00000514. The second-order valence-corrected chi connectivity index (χ2v) is 4.90. The van der Waals surface area contributed by atoms with Crippen molar-refractivity contribution in [3.05, 3.63) is 28.7 Å². The van der Waals surface area contributed by atoms with Crippen molar-refractivity contribution in [2.24, 2.45) is 0 Å². The van der Waals surface area contributed by atoms with E-state index in [-0.39, 0.29) is 12.4 Å². The molecule has 0 aliphatic heterocycles. The molecule has 1 atom stereocenters. The first-order valence-electron chi connectivity index (χ1n) is 5.37. The molecule has 0 aromatic heterocycles. The predicted molar refractivity (Wildman–Crippen MR) is 68.8 cm³/mol. The zero-order chi connectivity index (χ0) is 12.0. The number of rotatable bonds is 6. The highest BCUT2D eigenvalue weighted by molar-refractivity contribution is 9.10. The van der Waals surface area contributed by atoms with Crippen molar-refractivity contribution in [1.29, 1.82) is 0 Å². The lowest BCUT2D eigenvalue weighted by Gasteiger charge is -2.14. The first-order valence-corrected chi connectivity index (χ1v) is 6.17. The first-order chi connectivity index (χ1) is 7.58. The fourth-order valence-electron chi connectivity index (χ4n) is 1.15. The molecular formula is C12H18BrClNO2-. The molecule has 0 fully saturated rings. The van der Waals surface area contributed by atoms with Gasteiger partial charge in [-0.25, -0.2) is 0 Å². The van der Waals surface area contributed by atoms with Crippen molar-refractivity contribution in [2.75, 3.05) is 13.2 Å². The Kier molecular flexibility index (Phi) is 8.60. The van der Waals surface area contributed by atoms with Gasteiger partial charge in [-0.2, -0.15) is 0 Å². The van der Waals surface area contributed by atoms with E-state index >= 15 is 0 Å². The van der Waals surface area contributed by atoms with Crippen molar-refractivity contribution in [3.8, 4) is 5.75 Å². The third-order valence-corrected chi connectivity index (χ3v) is 2.55. The average Bonchev–Trinajstić information content (AvgIpc) is 2.25. The van der Waals surface area contributed by atoms with Crippen molar-refractivity contribution in [1.82, 2.24) is 5.32 Å². The quantitative estimate of drug-likeness (QED) is 0.720. The number of ether oxygens (including phenoxy) is 1. The monoisotopic (exact) mass is 322 g/mol. The lowest BCUT2D eigenvalue weighted by atomic mass is 10.3. The van der Waals surface area contributed by atoms with Crippen molar-refractivity contribution >= 4 is 15.9 Å². The third-order valence-electron chi connectivity index (χ3n) is 2.02. The minimum Gasteiger partial charge on any atom is -1.00 e. The van der Waals surface area contributed by atoms with Crippen LogP contribution in [0.5, 0.6) is 5.75 Å². The van der Waals surface area contributed by atoms with E-state index in [1.807, 2.05) is 38.1 Å². The Bertz CT molecular complexity index is 306. The molecule has 98 valence electrons. The van der Waals surface area contributed by atoms with Crippen LogP contribution in [0.3, 0.4) is 0 Å². The zero-order valence-electron chi connectivity index (χ0n) is 9.99. The number of aliphatic hydroxyl groups excluding tert-OH is 1. The van der Waals surface area contributed by atoms with Crippen molar-refractivity contribution < 1.29 is 22.3 Å². The van der Waals surface area contributed by atoms with Gasteiger partial charge >= 0.3 is 0 Å². The highest BCUT2D eigenvalue weighted by atomic mass is 79.9. The first kappa shape index (κ1) is 16.7. The highest BCUT2D eigenvalue weighted by Gasteiger charge is 2.05. The highest BCUT2D eigenvalue weighted by Crippen LogP contribution is 2.16. The smallest absolute Gasteiger partial charge is 0.119 e. The normalized spacial score (nSPS) is 12.1. The van der Waals surface area contributed by atoms with E-state index in [0.717, 1.165) is 10.2 Å². The van der Waals surface area contributed by atoms with Crippen LogP contribution < -0.4 is 22.5 Å². The summed E-state index contributed by atoms with van der Waals surface area (Å²) in [6, 6.07) is 7.93. The van der Waals surface area contributed by atoms with Crippen LogP contribution in [0.2, 0.25) is 0 Å². The Labute approximate surface area is 117 Å². The summed E-state index contributed by atoms with van der Waals surface area (Å²) < 4.78 is 6.46. The third kappa shape index (κ3) is 7.60. The van der Waals surface area contributed by atoms with Gasteiger partial charge in [-0.15, -0.1) is 0 Å². The molecule has 2 N–H and O–H groups in total. The molecular weight excluding hydrogens is 305 g/mol. The van der Waals surface area contributed by atoms with Crippen LogP contribution >= 0.6 is 15.9 Å². The Hall–Kier alpha value is -0.290. The molecule has 1 rings (SSSR count). The van der Waals surface area contributed by atoms with E-state index in [1.165, 1.54) is 0 Å². The summed E-state index contributed by atoms with van der Waals surface area (Å²) in [6.07, 6.45) is -0.481. The summed E-state index contributed by atoms with van der Waals surface area (Å²) >= 11 is 3.35. The number of benzene rings is 1. The van der Waals surface area contributed by atoms with E-state index in [4.69, 9.17) is 4.74 Å². The second kappa shape index (κ2) is 8.75. The molecule has 0 aliphatic rings. The second-order valence-electron chi connectivity index (χ2n) is 3.98. The molecule has 0 bridgehead atoms. The minimum absolute atomic E-state index is 0. The Balaban J connectivity index is 0.00000256. The minimum atomic E-state index is -0.481. The molecule has 17 heavy (non-hydrogen) atoms. The van der Waals surface area contributed by atoms with Gasteiger partial charge in [0.25, 0.3) is 0 Å². The number of hydrogen-bond donors (Lipinski definition) is 2. The van der Waals surface area contributed by atoms with Gasteiger partial charge in [0, 0.05) is 17.1 Å². The summed E-state index contributed by atoms with van der Waals surface area (Å²) in [5, 5.41) is 12.8. The summed E-state index contributed by atoms with van der Waals surface area (Å²) in [5.74, 6) is 0.770. The molecule has 0 aliphatic carbocycles.